The van der Waals surface area contributed by atoms with Gasteiger partial charge in [-0.1, -0.05) is 0 Å². The Labute approximate surface area is 212 Å². The van der Waals surface area contributed by atoms with Crippen LogP contribution in [0, 0.1) is 0 Å². The second-order valence-electron chi connectivity index (χ2n) is 8.42. The van der Waals surface area contributed by atoms with Crippen molar-refractivity contribution in [2.75, 3.05) is 13.2 Å². The van der Waals surface area contributed by atoms with Gasteiger partial charge in [0.1, 0.15) is 0 Å². The van der Waals surface area contributed by atoms with Gasteiger partial charge in [0.25, 0.3) is 0 Å². The van der Waals surface area contributed by atoms with Crippen molar-refractivity contribution in [3.05, 3.63) is 71.8 Å². The summed E-state index contributed by atoms with van der Waals surface area (Å²) in [7, 11) is 0. The van der Waals surface area contributed by atoms with Crippen molar-refractivity contribution in [1.29, 1.82) is 0 Å². The molecule has 0 aliphatic rings. The van der Waals surface area contributed by atoms with Crippen LogP contribution in [0.1, 0.15) is 36.8 Å². The Morgan fingerprint density at radius 2 is 0.811 bits per heavy atom. The van der Waals surface area contributed by atoms with E-state index in [1.165, 1.54) is 0 Å². The molecule has 0 unspecified atom stereocenters. The van der Waals surface area contributed by atoms with E-state index in [0.717, 1.165) is 0 Å². The first-order chi connectivity index (χ1) is 17.1. The third-order valence-electron chi connectivity index (χ3n) is 5.49. The summed E-state index contributed by atoms with van der Waals surface area (Å²) < 4.78 is 139. The van der Waals surface area contributed by atoms with E-state index < -0.39 is 78.3 Å². The second kappa shape index (κ2) is 13.0. The Morgan fingerprint density at radius 1 is 0.486 bits per heavy atom. The Hall–Kier alpha value is -1.54. The van der Waals surface area contributed by atoms with Crippen LogP contribution < -0.4 is 0 Å². The molecular formula is C24H26F10O2Sn. The van der Waals surface area contributed by atoms with Crippen molar-refractivity contribution < 1.29 is 50.1 Å². The van der Waals surface area contributed by atoms with Crippen LogP contribution in [0.3, 0.4) is 0 Å². The third kappa shape index (κ3) is 9.93. The van der Waals surface area contributed by atoms with Gasteiger partial charge in [-0.15, -0.1) is 0 Å². The van der Waals surface area contributed by atoms with Crippen LogP contribution in [0.2, 0.25) is 0 Å². The van der Waals surface area contributed by atoms with Crippen LogP contribution in [-0.2, 0) is 19.0 Å². The van der Waals surface area contributed by atoms with E-state index in [4.69, 9.17) is 6.15 Å². The summed E-state index contributed by atoms with van der Waals surface area (Å²) in [5, 5.41) is 0. The summed E-state index contributed by atoms with van der Waals surface area (Å²) in [5.74, 6) is 0. The van der Waals surface area contributed by atoms with Gasteiger partial charge < -0.3 is 0 Å². The molecular weight excluding hydrogens is 629 g/mol. The summed E-state index contributed by atoms with van der Waals surface area (Å²) in [6.07, 6.45) is -19.0. The minimum atomic E-state index is -7.47. The zero-order valence-corrected chi connectivity index (χ0v) is 22.4. The molecule has 0 N–H and O–H groups in total. The number of rotatable bonds is 14. The molecule has 0 saturated carbocycles. The number of halogens is 10. The fraction of sp³-hybridized carbons (Fsp3) is 0.500. The van der Waals surface area contributed by atoms with Gasteiger partial charge in [-0.3, -0.25) is 0 Å². The van der Waals surface area contributed by atoms with E-state index in [0.29, 0.717) is 11.1 Å². The topological polar surface area (TPSA) is 18.5 Å². The number of hydrogen-bond donors (Lipinski definition) is 0. The van der Waals surface area contributed by atoms with E-state index in [1.807, 2.05) is 0 Å². The zero-order valence-electron chi connectivity index (χ0n) is 19.5. The number of alkyl halides is 10. The van der Waals surface area contributed by atoms with Crippen molar-refractivity contribution in [3.8, 4) is 0 Å². The molecule has 0 saturated heterocycles. The first-order valence-electron chi connectivity index (χ1n) is 11.3. The molecule has 0 bridgehead atoms. The van der Waals surface area contributed by atoms with Crippen LogP contribution in [0.15, 0.2) is 60.7 Å². The maximum absolute atomic E-state index is 15.4. The summed E-state index contributed by atoms with van der Waals surface area (Å²) in [6, 6.07) is 15.8. The molecule has 0 radical (unpaired) electrons. The summed E-state index contributed by atoms with van der Waals surface area (Å²) in [5.41, 5.74) is 0.980. The van der Waals surface area contributed by atoms with Crippen molar-refractivity contribution >= 4 is 19.2 Å². The van der Waals surface area contributed by atoms with Gasteiger partial charge in [0.15, 0.2) is 0 Å². The van der Waals surface area contributed by atoms with E-state index in [9.17, 15) is 26.3 Å². The molecule has 0 aliphatic carbocycles. The standard InChI is InChI=1S/2C8H9O.2C4H4F5.Sn/c2*9-7-6-8-4-2-1-3-5-8;2*5-3(6)1-2-4(7,8)9;/h2*1-5H,6-7H2;2*1-2H2;/q2*-1;;;+2. The summed E-state index contributed by atoms with van der Waals surface area (Å²) in [6.45, 7) is -1.57. The van der Waals surface area contributed by atoms with Crippen LogP contribution in [0.4, 0.5) is 43.9 Å². The first-order valence-corrected chi connectivity index (χ1v) is 16.5. The van der Waals surface area contributed by atoms with Gasteiger partial charge in [0.05, 0.1) is 0 Å². The second-order valence-corrected chi connectivity index (χ2v) is 17.8. The molecule has 0 amide bonds. The van der Waals surface area contributed by atoms with Crippen molar-refractivity contribution in [2.45, 2.75) is 58.8 Å². The average Bonchev–Trinajstić information content (AvgIpc) is 2.81. The average molecular weight is 655 g/mol. The van der Waals surface area contributed by atoms with Crippen LogP contribution in [-0.4, -0.2) is 52.6 Å². The minimum absolute atomic E-state index is 0.174. The molecule has 208 valence electrons. The fourth-order valence-electron chi connectivity index (χ4n) is 3.57. The molecule has 2 aromatic carbocycles. The van der Waals surface area contributed by atoms with Gasteiger partial charge in [-0.05, 0) is 0 Å². The molecule has 0 aromatic heterocycles. The summed E-state index contributed by atoms with van der Waals surface area (Å²) >= 11 is -7.47. The third-order valence-corrected chi connectivity index (χ3v) is 15.9. The van der Waals surface area contributed by atoms with Crippen LogP contribution in [0.5, 0.6) is 0 Å². The van der Waals surface area contributed by atoms with Gasteiger partial charge >= 0.3 is 213 Å². The summed E-state index contributed by atoms with van der Waals surface area (Å²) in [4.78, 5) is 0. The van der Waals surface area contributed by atoms with E-state index >= 15 is 17.6 Å². The quantitative estimate of drug-likeness (QED) is 0.152. The van der Waals surface area contributed by atoms with Gasteiger partial charge in [0.2, 0.25) is 0 Å². The molecule has 0 aliphatic heterocycles. The monoisotopic (exact) mass is 656 g/mol. The normalized spacial score (nSPS) is 13.7. The number of hydrogen-bond acceptors (Lipinski definition) is 2. The van der Waals surface area contributed by atoms with Crippen LogP contribution >= 0.6 is 0 Å². The Morgan fingerprint density at radius 3 is 1.11 bits per heavy atom. The molecule has 0 fully saturated rings. The van der Waals surface area contributed by atoms with Crippen LogP contribution in [0.25, 0.3) is 0 Å². The fourth-order valence-corrected chi connectivity index (χ4v) is 12.6. The molecule has 2 aromatic rings. The molecule has 2 nitrogen and oxygen atoms in total. The van der Waals surface area contributed by atoms with Crippen molar-refractivity contribution in [1.82, 2.24) is 0 Å². The molecule has 0 atom stereocenters. The molecule has 37 heavy (non-hydrogen) atoms. The molecule has 0 spiro atoms. The first kappa shape index (κ1) is 31.7. The Bertz CT molecular complexity index is 857. The van der Waals surface area contributed by atoms with E-state index in [-0.39, 0.29) is 12.8 Å². The van der Waals surface area contributed by atoms with E-state index in [2.05, 4.69) is 0 Å². The Kier molecular flexibility index (Phi) is 11.1. The molecule has 2 rings (SSSR count). The van der Waals surface area contributed by atoms with Gasteiger partial charge in [0, 0.05) is 0 Å². The molecule has 0 heterocycles. The van der Waals surface area contributed by atoms with Gasteiger partial charge in [-0.2, -0.15) is 0 Å². The van der Waals surface area contributed by atoms with E-state index in [1.54, 1.807) is 60.7 Å². The molecule has 13 heteroatoms. The maximum atomic E-state index is 15.4. The predicted octanol–water partition coefficient (Wildman–Crippen LogP) is 7.98. The number of benzene rings is 2. The van der Waals surface area contributed by atoms with Gasteiger partial charge in [-0.25, -0.2) is 0 Å². The van der Waals surface area contributed by atoms with Crippen molar-refractivity contribution in [3.63, 3.8) is 0 Å². The predicted molar refractivity (Wildman–Crippen MR) is 118 cm³/mol. The zero-order chi connectivity index (χ0) is 27.8. The Balaban J connectivity index is 2.42. The van der Waals surface area contributed by atoms with Crippen molar-refractivity contribution in [2.24, 2.45) is 0 Å². The SMILES string of the molecule is FC(F)(F)CC[C](F)(F)[Sn]([O]CCc1ccccc1)([O]CCc1ccccc1)[C](F)(F)CCC(F)(F)F.